The van der Waals surface area contributed by atoms with Crippen molar-refractivity contribution in [3.05, 3.63) is 17.5 Å². The van der Waals surface area contributed by atoms with Gasteiger partial charge in [-0.1, -0.05) is 0 Å². The summed E-state index contributed by atoms with van der Waals surface area (Å²) >= 11 is 2.12. The lowest BCUT2D eigenvalue weighted by molar-refractivity contribution is -0.113. The fourth-order valence-corrected chi connectivity index (χ4v) is 11.6. The Labute approximate surface area is 225 Å². The summed E-state index contributed by atoms with van der Waals surface area (Å²) in [6, 6.07) is 2.79. The summed E-state index contributed by atoms with van der Waals surface area (Å²) in [6.07, 6.45) is 3.57. The molecule has 3 saturated carbocycles. The lowest BCUT2D eigenvalue weighted by Gasteiger charge is -2.38. The Morgan fingerprint density at radius 1 is 1.14 bits per heavy atom. The average Bonchev–Trinajstić information content (AvgIpc) is 3.24. The van der Waals surface area contributed by atoms with Crippen molar-refractivity contribution >= 4 is 20.1 Å². The third kappa shape index (κ3) is 5.45. The number of rotatable bonds is 7. The monoisotopic (exact) mass is 555 g/mol. The van der Waals surface area contributed by atoms with Crippen LogP contribution in [0.15, 0.2) is 6.07 Å². The first-order valence-corrected chi connectivity index (χ1v) is 18.8. The molecule has 3 heterocycles. The minimum absolute atomic E-state index is 0.0325. The van der Waals surface area contributed by atoms with Crippen molar-refractivity contribution in [3.8, 4) is 0 Å². The quantitative estimate of drug-likeness (QED) is 0.333. The van der Waals surface area contributed by atoms with E-state index in [0.717, 1.165) is 43.6 Å². The number of hydrogen-bond donors (Lipinski definition) is 0. The molecule has 2 atom stereocenters. The van der Waals surface area contributed by atoms with Gasteiger partial charge < -0.3 is 4.43 Å². The summed E-state index contributed by atoms with van der Waals surface area (Å²) in [5.74, 6) is 5.48. The highest BCUT2D eigenvalue weighted by atomic mass is 32.2. The zero-order chi connectivity index (χ0) is 26.2. The van der Waals surface area contributed by atoms with E-state index >= 15 is 0 Å². The molecule has 37 heavy (non-hydrogen) atoms. The summed E-state index contributed by atoms with van der Waals surface area (Å²) in [4.78, 5) is 2.83. The molecule has 5 fully saturated rings. The van der Waals surface area contributed by atoms with Crippen molar-refractivity contribution in [1.82, 2.24) is 14.7 Å². The van der Waals surface area contributed by atoms with Crippen LogP contribution in [-0.4, -0.2) is 65.9 Å². The fourth-order valence-electron chi connectivity index (χ4n) is 8.20. The van der Waals surface area contributed by atoms with Crippen LogP contribution in [0.3, 0.4) is 0 Å². The van der Waals surface area contributed by atoms with Gasteiger partial charge in [0.2, 0.25) is 0 Å². The van der Waals surface area contributed by atoms with Crippen molar-refractivity contribution in [2.24, 2.45) is 17.3 Å². The van der Waals surface area contributed by atoms with Gasteiger partial charge in [0.1, 0.15) is 0 Å². The van der Waals surface area contributed by atoms with Crippen LogP contribution in [-0.2, 0) is 4.43 Å². The number of halogens is 3. The van der Waals surface area contributed by atoms with Crippen LogP contribution >= 0.6 is 11.8 Å². The highest BCUT2D eigenvalue weighted by molar-refractivity contribution is 8.00. The zero-order valence-corrected chi connectivity index (χ0v) is 24.7. The van der Waals surface area contributed by atoms with Crippen molar-refractivity contribution in [2.75, 3.05) is 24.6 Å². The van der Waals surface area contributed by atoms with Crippen LogP contribution in [0.5, 0.6) is 0 Å². The molecule has 2 unspecified atom stereocenters. The summed E-state index contributed by atoms with van der Waals surface area (Å²) in [6.45, 7) is 10.5. The molecule has 2 saturated heterocycles. The van der Waals surface area contributed by atoms with Gasteiger partial charge in [0, 0.05) is 59.2 Å². The van der Waals surface area contributed by atoms with E-state index < -0.39 is 20.5 Å². The fraction of sp³-hybridized carbons (Fsp3) is 0.893. The number of thioether (sulfide) groups is 1. The summed E-state index contributed by atoms with van der Waals surface area (Å²) in [7, 11) is -2.74. The molecule has 208 valence electrons. The molecule has 9 heteroatoms. The molecular weight excluding hydrogens is 511 g/mol. The lowest BCUT2D eigenvalue weighted by atomic mass is 9.85. The van der Waals surface area contributed by atoms with E-state index in [4.69, 9.17) is 9.52 Å². The van der Waals surface area contributed by atoms with Crippen molar-refractivity contribution < 1.29 is 17.6 Å². The third-order valence-electron chi connectivity index (χ3n) is 10.0. The van der Waals surface area contributed by atoms with E-state index in [-0.39, 0.29) is 6.10 Å². The predicted octanol–water partition coefficient (Wildman–Crippen LogP) is 7.21. The van der Waals surface area contributed by atoms with E-state index in [0.29, 0.717) is 23.3 Å². The predicted molar refractivity (Wildman–Crippen MR) is 146 cm³/mol. The summed E-state index contributed by atoms with van der Waals surface area (Å²) in [5, 5.41) is 5.13. The zero-order valence-electron chi connectivity index (χ0n) is 22.9. The van der Waals surface area contributed by atoms with Crippen molar-refractivity contribution in [1.29, 1.82) is 0 Å². The van der Waals surface area contributed by atoms with Crippen LogP contribution in [0.25, 0.3) is 0 Å². The number of alkyl halides is 3. The maximum Gasteiger partial charge on any atom is 0.389 e. The standard InChI is InChI=1S/C28H44F3N3OSSi/c1-18(2)34-25(26-22-11-20(12-23(22)26)33-10-9-27(14-33)15-36-16-27)13-24(32-34)19-5-7-21(8-6-19)35-37(3,4)17-28(29,30)31/h13,18-23,26H,5-12,14-17H2,1-4H3. The number of fused-ring (bicyclic) bond motifs is 1. The van der Waals surface area contributed by atoms with Crippen molar-refractivity contribution in [2.45, 2.75) is 114 Å². The van der Waals surface area contributed by atoms with Crippen LogP contribution in [0.4, 0.5) is 13.2 Å². The van der Waals surface area contributed by atoms with Gasteiger partial charge in [-0.2, -0.15) is 30.0 Å². The SMILES string of the molecule is CC(C)n1nc(C2CCC(O[Si](C)(C)CC(F)(F)F)CC2)cc1C1C2CC(N3CCC4(CSC4)C3)CC21. The number of hydrogen-bond acceptors (Lipinski definition) is 4. The Morgan fingerprint density at radius 3 is 2.35 bits per heavy atom. The Balaban J connectivity index is 1.05. The number of aromatic nitrogens is 2. The average molecular weight is 556 g/mol. The Hall–Kier alpha value is -0.513. The Kier molecular flexibility index (Phi) is 6.89. The molecule has 2 aliphatic heterocycles. The van der Waals surface area contributed by atoms with Crippen LogP contribution in [0.1, 0.15) is 88.1 Å². The van der Waals surface area contributed by atoms with Gasteiger partial charge in [-0.05, 0) is 96.3 Å². The van der Waals surface area contributed by atoms with Gasteiger partial charge in [0.05, 0.1) is 11.7 Å². The second-order valence-corrected chi connectivity index (χ2v) is 19.0. The molecule has 6 rings (SSSR count). The first-order chi connectivity index (χ1) is 17.4. The van der Waals surface area contributed by atoms with E-state index in [1.165, 1.54) is 55.2 Å². The van der Waals surface area contributed by atoms with E-state index in [1.54, 1.807) is 13.1 Å². The Bertz CT molecular complexity index is 974. The Morgan fingerprint density at radius 2 is 1.81 bits per heavy atom. The minimum atomic E-state index is -4.14. The highest BCUT2D eigenvalue weighted by Gasteiger charge is 2.60. The second kappa shape index (κ2) is 9.55. The first kappa shape index (κ1) is 26.7. The van der Waals surface area contributed by atoms with E-state index in [2.05, 4.69) is 41.3 Å². The lowest BCUT2D eigenvalue weighted by Crippen LogP contribution is -2.41. The molecule has 0 N–H and O–H groups in total. The molecule has 3 aliphatic carbocycles. The largest absolute Gasteiger partial charge is 0.414 e. The van der Waals surface area contributed by atoms with Gasteiger partial charge >= 0.3 is 6.18 Å². The molecule has 0 radical (unpaired) electrons. The molecule has 5 aliphatic rings. The van der Waals surface area contributed by atoms with E-state index in [1.807, 2.05) is 0 Å². The van der Waals surface area contributed by atoms with Crippen molar-refractivity contribution in [3.63, 3.8) is 0 Å². The number of likely N-dealkylation sites (tertiary alicyclic amines) is 1. The molecule has 0 amide bonds. The molecular formula is C28H44F3N3OSSi. The molecule has 1 aromatic heterocycles. The maximum atomic E-state index is 12.9. The molecule has 1 aromatic rings. The summed E-state index contributed by atoms with van der Waals surface area (Å²) in [5.41, 5.74) is 3.31. The minimum Gasteiger partial charge on any atom is -0.414 e. The van der Waals surface area contributed by atoms with Gasteiger partial charge in [-0.15, -0.1) is 0 Å². The molecule has 0 aromatic carbocycles. The normalized spacial score (nSPS) is 35.8. The topological polar surface area (TPSA) is 30.3 Å². The molecule has 4 nitrogen and oxygen atoms in total. The van der Waals surface area contributed by atoms with Gasteiger partial charge in [0.15, 0.2) is 8.32 Å². The van der Waals surface area contributed by atoms with Crippen LogP contribution in [0.2, 0.25) is 19.1 Å². The van der Waals surface area contributed by atoms with Crippen LogP contribution in [0, 0.1) is 17.3 Å². The smallest absolute Gasteiger partial charge is 0.389 e. The number of nitrogens with zero attached hydrogens (tertiary/aromatic N) is 3. The summed E-state index contributed by atoms with van der Waals surface area (Å²) < 4.78 is 47.2. The third-order valence-corrected chi connectivity index (χ3v) is 13.9. The van der Waals surface area contributed by atoms with Gasteiger partial charge in [0.25, 0.3) is 0 Å². The maximum absolute atomic E-state index is 12.9. The van der Waals surface area contributed by atoms with Crippen LogP contribution < -0.4 is 0 Å². The molecule has 1 spiro atoms. The van der Waals surface area contributed by atoms with Gasteiger partial charge in [-0.3, -0.25) is 9.58 Å². The van der Waals surface area contributed by atoms with Gasteiger partial charge in [-0.25, -0.2) is 0 Å². The first-order valence-electron chi connectivity index (χ1n) is 14.6. The van der Waals surface area contributed by atoms with E-state index in [9.17, 15) is 13.2 Å². The highest BCUT2D eigenvalue weighted by Crippen LogP contribution is 2.65. The molecule has 0 bridgehead atoms. The second-order valence-electron chi connectivity index (χ2n) is 13.9.